The van der Waals surface area contributed by atoms with Gasteiger partial charge in [0.2, 0.25) is 0 Å². The number of unbranched alkanes of at least 4 members (excludes halogenated alkanes) is 1. The van der Waals surface area contributed by atoms with Crippen molar-refractivity contribution in [1.29, 1.82) is 0 Å². The van der Waals surface area contributed by atoms with Gasteiger partial charge in [0.1, 0.15) is 0 Å². The molecule has 0 bridgehead atoms. The van der Waals surface area contributed by atoms with Gasteiger partial charge in [0.05, 0.1) is 6.10 Å². The molecule has 0 aliphatic heterocycles. The van der Waals surface area contributed by atoms with Gasteiger partial charge >= 0.3 is 0 Å². The number of ether oxygens (including phenoxy) is 1. The molecule has 0 amide bonds. The van der Waals surface area contributed by atoms with E-state index in [-0.39, 0.29) is 0 Å². The van der Waals surface area contributed by atoms with Gasteiger partial charge in [0, 0.05) is 13.2 Å². The monoisotopic (exact) mass is 242 g/mol. The summed E-state index contributed by atoms with van der Waals surface area (Å²) in [6, 6.07) is 0. The van der Waals surface area contributed by atoms with Crippen LogP contribution < -0.4 is 0 Å². The molecule has 102 valence electrons. The number of rotatable bonds is 8. The molecule has 0 spiro atoms. The minimum Gasteiger partial charge on any atom is -0.396 e. The molecule has 0 aromatic heterocycles. The SMILES string of the molecule is CCCCC(CC)COC1CCC(CO)CC1. The maximum Gasteiger partial charge on any atom is 0.0575 e. The molecule has 1 unspecified atom stereocenters. The van der Waals surface area contributed by atoms with Crippen molar-refractivity contribution in [3.8, 4) is 0 Å². The Morgan fingerprint density at radius 1 is 1.18 bits per heavy atom. The van der Waals surface area contributed by atoms with Gasteiger partial charge in [-0.1, -0.05) is 33.1 Å². The maximum atomic E-state index is 9.09. The van der Waals surface area contributed by atoms with Gasteiger partial charge in [-0.15, -0.1) is 0 Å². The average molecular weight is 242 g/mol. The molecular formula is C15H30O2. The Bertz CT molecular complexity index is 174. The first-order valence-corrected chi connectivity index (χ1v) is 7.52. The molecule has 0 aromatic carbocycles. The van der Waals surface area contributed by atoms with E-state index < -0.39 is 0 Å². The normalized spacial score (nSPS) is 27.0. The van der Waals surface area contributed by atoms with Gasteiger partial charge in [-0.3, -0.25) is 0 Å². The van der Waals surface area contributed by atoms with Crippen molar-refractivity contribution in [3.05, 3.63) is 0 Å². The van der Waals surface area contributed by atoms with Crippen molar-refractivity contribution in [1.82, 2.24) is 0 Å². The lowest BCUT2D eigenvalue weighted by molar-refractivity contribution is -0.00802. The summed E-state index contributed by atoms with van der Waals surface area (Å²) in [5.41, 5.74) is 0. The first-order valence-electron chi connectivity index (χ1n) is 7.52. The summed E-state index contributed by atoms with van der Waals surface area (Å²) in [6.45, 7) is 5.84. The molecule has 1 aliphatic rings. The van der Waals surface area contributed by atoms with Gasteiger partial charge in [-0.05, 0) is 43.9 Å². The zero-order chi connectivity index (χ0) is 12.5. The van der Waals surface area contributed by atoms with Crippen LogP contribution in [-0.2, 0) is 4.74 Å². The Balaban J connectivity index is 2.12. The van der Waals surface area contributed by atoms with Crippen LogP contribution in [-0.4, -0.2) is 24.4 Å². The van der Waals surface area contributed by atoms with Gasteiger partial charge in [0.15, 0.2) is 0 Å². The second kappa shape index (κ2) is 8.93. The van der Waals surface area contributed by atoms with Crippen molar-refractivity contribution < 1.29 is 9.84 Å². The zero-order valence-electron chi connectivity index (χ0n) is 11.7. The molecule has 1 saturated carbocycles. The lowest BCUT2D eigenvalue weighted by Gasteiger charge is -2.28. The minimum absolute atomic E-state index is 0.362. The van der Waals surface area contributed by atoms with Gasteiger partial charge in [-0.25, -0.2) is 0 Å². The van der Waals surface area contributed by atoms with E-state index in [0.717, 1.165) is 38.2 Å². The van der Waals surface area contributed by atoms with Gasteiger partial charge in [0.25, 0.3) is 0 Å². The number of aliphatic hydroxyl groups excluding tert-OH is 1. The summed E-state index contributed by atoms with van der Waals surface area (Å²) in [7, 11) is 0. The van der Waals surface area contributed by atoms with E-state index in [1.54, 1.807) is 0 Å². The predicted octanol–water partition coefficient (Wildman–Crippen LogP) is 3.77. The van der Waals surface area contributed by atoms with E-state index in [1.807, 2.05) is 0 Å². The average Bonchev–Trinajstić information content (AvgIpc) is 2.39. The van der Waals surface area contributed by atoms with E-state index in [9.17, 15) is 0 Å². The molecule has 0 radical (unpaired) electrons. The third-order valence-corrected chi connectivity index (χ3v) is 4.16. The van der Waals surface area contributed by atoms with Crippen LogP contribution in [0.15, 0.2) is 0 Å². The maximum absolute atomic E-state index is 9.09. The Hall–Kier alpha value is -0.0800. The number of hydrogen-bond acceptors (Lipinski definition) is 2. The van der Waals surface area contributed by atoms with Crippen LogP contribution in [0.25, 0.3) is 0 Å². The number of hydrogen-bond donors (Lipinski definition) is 1. The Labute approximate surface area is 107 Å². The fraction of sp³-hybridized carbons (Fsp3) is 1.00. The largest absolute Gasteiger partial charge is 0.396 e. The van der Waals surface area contributed by atoms with Crippen molar-refractivity contribution in [3.63, 3.8) is 0 Å². The summed E-state index contributed by atoms with van der Waals surface area (Å²) in [6.07, 6.45) is 10.2. The Morgan fingerprint density at radius 3 is 2.41 bits per heavy atom. The van der Waals surface area contributed by atoms with Crippen molar-refractivity contribution in [2.75, 3.05) is 13.2 Å². The third kappa shape index (κ3) is 5.87. The van der Waals surface area contributed by atoms with Gasteiger partial charge in [-0.2, -0.15) is 0 Å². The highest BCUT2D eigenvalue weighted by Crippen LogP contribution is 2.26. The molecule has 1 fully saturated rings. The second-order valence-electron chi connectivity index (χ2n) is 5.58. The summed E-state index contributed by atoms with van der Waals surface area (Å²) >= 11 is 0. The molecule has 0 saturated heterocycles. The molecule has 1 atom stereocenters. The fourth-order valence-corrected chi connectivity index (χ4v) is 2.65. The van der Waals surface area contributed by atoms with Crippen LogP contribution in [0.1, 0.15) is 65.2 Å². The summed E-state index contributed by atoms with van der Waals surface area (Å²) in [5.74, 6) is 1.29. The standard InChI is InChI=1S/C15H30O2/c1-3-5-6-13(4-2)12-17-15-9-7-14(11-16)8-10-15/h13-16H,3-12H2,1-2H3. The zero-order valence-corrected chi connectivity index (χ0v) is 11.7. The highest BCUT2D eigenvalue weighted by Gasteiger charge is 2.21. The lowest BCUT2D eigenvalue weighted by Crippen LogP contribution is -2.25. The molecule has 0 aromatic rings. The van der Waals surface area contributed by atoms with Crippen LogP contribution in [0.4, 0.5) is 0 Å². The van der Waals surface area contributed by atoms with E-state index >= 15 is 0 Å². The van der Waals surface area contributed by atoms with Crippen LogP contribution in [0.3, 0.4) is 0 Å². The molecule has 0 heterocycles. The smallest absolute Gasteiger partial charge is 0.0575 e. The Morgan fingerprint density at radius 2 is 1.88 bits per heavy atom. The van der Waals surface area contributed by atoms with E-state index in [1.165, 1.54) is 25.7 Å². The third-order valence-electron chi connectivity index (χ3n) is 4.16. The number of aliphatic hydroxyl groups is 1. The lowest BCUT2D eigenvalue weighted by atomic mass is 9.88. The fourth-order valence-electron chi connectivity index (χ4n) is 2.65. The van der Waals surface area contributed by atoms with Crippen LogP contribution >= 0.6 is 0 Å². The quantitative estimate of drug-likeness (QED) is 0.702. The summed E-state index contributed by atoms with van der Waals surface area (Å²) in [5, 5.41) is 9.09. The molecule has 1 rings (SSSR count). The molecule has 2 heteroatoms. The predicted molar refractivity (Wildman–Crippen MR) is 72.1 cm³/mol. The van der Waals surface area contributed by atoms with Crippen LogP contribution in [0, 0.1) is 11.8 Å². The van der Waals surface area contributed by atoms with Crippen LogP contribution in [0.2, 0.25) is 0 Å². The molecule has 2 nitrogen and oxygen atoms in total. The minimum atomic E-state index is 0.362. The van der Waals surface area contributed by atoms with Crippen molar-refractivity contribution >= 4 is 0 Å². The highest BCUT2D eigenvalue weighted by atomic mass is 16.5. The molecular weight excluding hydrogens is 212 g/mol. The second-order valence-corrected chi connectivity index (χ2v) is 5.58. The van der Waals surface area contributed by atoms with E-state index in [0.29, 0.717) is 18.6 Å². The first kappa shape index (κ1) is 15.0. The van der Waals surface area contributed by atoms with Gasteiger partial charge < -0.3 is 9.84 Å². The topological polar surface area (TPSA) is 29.5 Å². The molecule has 1 aliphatic carbocycles. The highest BCUT2D eigenvalue weighted by molar-refractivity contribution is 4.72. The van der Waals surface area contributed by atoms with E-state index in [2.05, 4.69) is 13.8 Å². The summed E-state index contributed by atoms with van der Waals surface area (Å²) in [4.78, 5) is 0. The van der Waals surface area contributed by atoms with Crippen molar-refractivity contribution in [2.45, 2.75) is 71.3 Å². The van der Waals surface area contributed by atoms with E-state index in [4.69, 9.17) is 9.84 Å². The molecule has 1 N–H and O–H groups in total. The summed E-state index contributed by atoms with van der Waals surface area (Å²) < 4.78 is 6.04. The molecule has 17 heavy (non-hydrogen) atoms. The van der Waals surface area contributed by atoms with Crippen LogP contribution in [0.5, 0.6) is 0 Å². The first-order chi connectivity index (χ1) is 8.30. The Kier molecular flexibility index (Phi) is 7.87. The van der Waals surface area contributed by atoms with Crippen molar-refractivity contribution in [2.24, 2.45) is 11.8 Å².